The second-order valence-corrected chi connectivity index (χ2v) is 6.04. The average Bonchev–Trinajstić information content (AvgIpc) is 2.49. The maximum atomic E-state index is 12.5. The number of rotatable bonds is 5. The first-order valence-electron chi connectivity index (χ1n) is 6.51. The molecule has 0 bridgehead atoms. The van der Waals surface area contributed by atoms with Crippen molar-refractivity contribution in [3.63, 3.8) is 0 Å². The van der Waals surface area contributed by atoms with Crippen LogP contribution in [0, 0.1) is 0 Å². The van der Waals surface area contributed by atoms with Crippen molar-refractivity contribution in [2.24, 2.45) is 0 Å². The Morgan fingerprint density at radius 3 is 2.43 bits per heavy atom. The van der Waals surface area contributed by atoms with Gasteiger partial charge in [0, 0.05) is 45.4 Å². The zero-order valence-electron chi connectivity index (χ0n) is 11.7. The van der Waals surface area contributed by atoms with E-state index in [0.29, 0.717) is 28.1 Å². The number of para-hydroxylation sites is 1. The normalized spacial score (nSPS) is 12.1. The van der Waals surface area contributed by atoms with Crippen LogP contribution in [0.5, 0.6) is 0 Å². The number of aliphatic hydroxyl groups excluding tert-OH is 1. The number of benzene rings is 2. The molecule has 0 aliphatic carbocycles. The van der Waals surface area contributed by atoms with E-state index in [1.54, 1.807) is 48.7 Å². The van der Waals surface area contributed by atoms with Crippen LogP contribution in [0.4, 0.5) is 5.69 Å². The van der Waals surface area contributed by atoms with Gasteiger partial charge >= 0.3 is 0 Å². The van der Waals surface area contributed by atoms with Gasteiger partial charge in [-0.15, -0.1) is 0 Å². The van der Waals surface area contributed by atoms with Gasteiger partial charge in [0.15, 0.2) is 5.78 Å². The summed E-state index contributed by atoms with van der Waals surface area (Å²) in [5.74, 6) is -0.180. The van der Waals surface area contributed by atoms with E-state index >= 15 is 0 Å². The van der Waals surface area contributed by atoms with E-state index in [4.69, 9.17) is 10.8 Å². The lowest BCUT2D eigenvalue weighted by Crippen LogP contribution is -2.08. The molecule has 0 spiro atoms. The highest BCUT2D eigenvalue weighted by atomic mass is 32.2. The van der Waals surface area contributed by atoms with E-state index in [-0.39, 0.29) is 12.4 Å². The smallest absolute Gasteiger partial charge is 0.195 e. The molecule has 3 N–H and O–H groups in total. The summed E-state index contributed by atoms with van der Waals surface area (Å²) in [6, 6.07) is 11.9. The molecular formula is C16H17NO3S. The van der Waals surface area contributed by atoms with Crippen molar-refractivity contribution in [1.82, 2.24) is 0 Å². The number of anilines is 1. The summed E-state index contributed by atoms with van der Waals surface area (Å²) in [6.07, 6.45) is 2.01. The fourth-order valence-corrected chi connectivity index (χ4v) is 2.62. The van der Waals surface area contributed by atoms with Gasteiger partial charge in [-0.2, -0.15) is 0 Å². The van der Waals surface area contributed by atoms with Gasteiger partial charge in [-0.25, -0.2) is 0 Å². The molecule has 0 fully saturated rings. The first-order valence-corrected chi connectivity index (χ1v) is 8.07. The summed E-state index contributed by atoms with van der Waals surface area (Å²) in [4.78, 5) is 13.2. The summed E-state index contributed by atoms with van der Waals surface area (Å²) in [7, 11) is -1.07. The highest BCUT2D eigenvalue weighted by Gasteiger charge is 2.14. The lowest BCUT2D eigenvalue weighted by Gasteiger charge is -2.10. The summed E-state index contributed by atoms with van der Waals surface area (Å²) >= 11 is 0. The molecule has 1 atom stereocenters. The van der Waals surface area contributed by atoms with Crippen LogP contribution in [0.25, 0.3) is 0 Å². The summed E-state index contributed by atoms with van der Waals surface area (Å²) in [5, 5.41) is 9.00. The lowest BCUT2D eigenvalue weighted by molar-refractivity contribution is 0.103. The minimum Gasteiger partial charge on any atom is -0.398 e. The third-order valence-electron chi connectivity index (χ3n) is 3.27. The van der Waals surface area contributed by atoms with Gasteiger partial charge in [0.2, 0.25) is 0 Å². The van der Waals surface area contributed by atoms with E-state index in [1.165, 1.54) is 0 Å². The fraction of sp³-hybridized carbons (Fsp3) is 0.188. The SMILES string of the molecule is CS(=O)c1ccc(C(=O)c2cccc(CCO)c2N)cc1. The van der Waals surface area contributed by atoms with Gasteiger partial charge in [0.05, 0.1) is 0 Å². The molecule has 4 nitrogen and oxygen atoms in total. The molecule has 0 aromatic heterocycles. The number of aliphatic hydroxyl groups is 1. The Labute approximate surface area is 126 Å². The Morgan fingerprint density at radius 2 is 1.86 bits per heavy atom. The number of ketones is 1. The van der Waals surface area contributed by atoms with Crippen molar-refractivity contribution in [1.29, 1.82) is 0 Å². The quantitative estimate of drug-likeness (QED) is 0.651. The predicted molar refractivity (Wildman–Crippen MR) is 83.9 cm³/mol. The van der Waals surface area contributed by atoms with Crippen molar-refractivity contribution in [2.75, 3.05) is 18.6 Å². The predicted octanol–water partition coefficient (Wildman–Crippen LogP) is 1.77. The van der Waals surface area contributed by atoms with Crippen molar-refractivity contribution < 1.29 is 14.1 Å². The van der Waals surface area contributed by atoms with Crippen LogP contribution in [0.1, 0.15) is 21.5 Å². The van der Waals surface area contributed by atoms with E-state index in [1.807, 2.05) is 0 Å². The van der Waals surface area contributed by atoms with Crippen LogP contribution in [0.15, 0.2) is 47.4 Å². The molecule has 5 heteroatoms. The third-order valence-corrected chi connectivity index (χ3v) is 4.21. The van der Waals surface area contributed by atoms with Crippen LogP contribution in [0.2, 0.25) is 0 Å². The van der Waals surface area contributed by atoms with E-state index in [0.717, 1.165) is 5.56 Å². The zero-order chi connectivity index (χ0) is 15.4. The molecular weight excluding hydrogens is 286 g/mol. The van der Waals surface area contributed by atoms with E-state index in [9.17, 15) is 9.00 Å². The Kier molecular flexibility index (Phi) is 4.88. The van der Waals surface area contributed by atoms with Gasteiger partial charge in [-0.1, -0.05) is 12.1 Å². The Balaban J connectivity index is 2.35. The number of nitrogens with two attached hydrogens (primary N) is 1. The third kappa shape index (κ3) is 3.37. The van der Waals surface area contributed by atoms with Gasteiger partial charge < -0.3 is 10.8 Å². The fourth-order valence-electron chi connectivity index (χ4n) is 2.10. The zero-order valence-corrected chi connectivity index (χ0v) is 12.5. The van der Waals surface area contributed by atoms with Crippen LogP contribution in [0.3, 0.4) is 0 Å². The van der Waals surface area contributed by atoms with E-state index in [2.05, 4.69) is 0 Å². The molecule has 1 unspecified atom stereocenters. The molecule has 0 radical (unpaired) electrons. The minimum absolute atomic E-state index is 0.0150. The van der Waals surface area contributed by atoms with Crippen molar-refractivity contribution >= 4 is 22.3 Å². The maximum Gasteiger partial charge on any atom is 0.195 e. The lowest BCUT2D eigenvalue weighted by atomic mass is 9.98. The first-order chi connectivity index (χ1) is 10.0. The molecule has 21 heavy (non-hydrogen) atoms. The summed E-state index contributed by atoms with van der Waals surface area (Å²) in [5.41, 5.74) is 8.09. The van der Waals surface area contributed by atoms with Gasteiger partial charge in [-0.3, -0.25) is 9.00 Å². The second kappa shape index (κ2) is 6.65. The minimum atomic E-state index is -1.07. The first kappa shape index (κ1) is 15.4. The van der Waals surface area contributed by atoms with Crippen molar-refractivity contribution in [2.45, 2.75) is 11.3 Å². The summed E-state index contributed by atoms with van der Waals surface area (Å²) in [6.45, 7) is -0.0150. The van der Waals surface area contributed by atoms with E-state index < -0.39 is 10.8 Å². The van der Waals surface area contributed by atoms with Crippen LogP contribution >= 0.6 is 0 Å². The Morgan fingerprint density at radius 1 is 1.19 bits per heavy atom. The maximum absolute atomic E-state index is 12.5. The molecule has 0 heterocycles. The second-order valence-electron chi connectivity index (χ2n) is 4.66. The largest absolute Gasteiger partial charge is 0.398 e. The number of hydrogen-bond acceptors (Lipinski definition) is 4. The van der Waals surface area contributed by atoms with Crippen molar-refractivity contribution in [3.05, 3.63) is 59.2 Å². The van der Waals surface area contributed by atoms with Crippen LogP contribution in [-0.4, -0.2) is 28.0 Å². The number of carbonyl (C=O) groups excluding carboxylic acids is 1. The molecule has 2 aromatic carbocycles. The molecule has 110 valence electrons. The molecule has 0 saturated carbocycles. The van der Waals surface area contributed by atoms with Gasteiger partial charge in [-0.05, 0) is 42.3 Å². The van der Waals surface area contributed by atoms with Gasteiger partial charge in [0.1, 0.15) is 0 Å². The molecule has 0 saturated heterocycles. The number of carbonyl (C=O) groups is 1. The highest BCUT2D eigenvalue weighted by molar-refractivity contribution is 7.84. The highest BCUT2D eigenvalue weighted by Crippen LogP contribution is 2.22. The molecule has 2 rings (SSSR count). The number of hydrogen-bond donors (Lipinski definition) is 2. The van der Waals surface area contributed by atoms with Crippen molar-refractivity contribution in [3.8, 4) is 0 Å². The Hall–Kier alpha value is -1.98. The Bertz CT molecular complexity index is 680. The molecule has 0 aliphatic heterocycles. The number of nitrogen functional groups attached to an aromatic ring is 1. The van der Waals surface area contributed by atoms with Crippen LogP contribution < -0.4 is 5.73 Å². The standard InChI is InChI=1S/C16H17NO3S/c1-21(20)13-7-5-12(6-8-13)16(19)14-4-2-3-11(9-10-18)15(14)17/h2-8,18H,9-10,17H2,1H3. The topological polar surface area (TPSA) is 80.4 Å². The average molecular weight is 303 g/mol. The molecule has 0 amide bonds. The molecule has 2 aromatic rings. The summed E-state index contributed by atoms with van der Waals surface area (Å²) < 4.78 is 11.3. The molecule has 0 aliphatic rings. The van der Waals surface area contributed by atoms with Crippen LogP contribution in [-0.2, 0) is 17.2 Å². The van der Waals surface area contributed by atoms with Gasteiger partial charge in [0.25, 0.3) is 0 Å². The monoisotopic (exact) mass is 303 g/mol.